The Morgan fingerprint density at radius 3 is 2.04 bits per heavy atom. The minimum atomic E-state index is -1.49. The number of ether oxygens (including phenoxy) is 5. The molecule has 1 fully saturated rings. The van der Waals surface area contributed by atoms with Crippen LogP contribution in [0, 0.1) is 5.92 Å². The first-order valence-corrected chi connectivity index (χ1v) is 15.4. The Morgan fingerprint density at radius 2 is 1.35 bits per heavy atom. The average molecular weight is 647 g/mol. The van der Waals surface area contributed by atoms with Gasteiger partial charge in [-0.15, -0.1) is 0 Å². The van der Waals surface area contributed by atoms with Gasteiger partial charge in [-0.3, -0.25) is 14.4 Å². The minimum Gasteiger partial charge on any atom is -0.493 e. The molecular weight excluding hydrogens is 612 g/mol. The highest BCUT2D eigenvalue weighted by molar-refractivity contribution is 6.18. The Bertz CT molecular complexity index is 1980. The lowest BCUT2D eigenvalue weighted by molar-refractivity contribution is -0.121. The highest BCUT2D eigenvalue weighted by Crippen LogP contribution is 2.58. The lowest BCUT2D eigenvalue weighted by Gasteiger charge is -2.37. The molecule has 0 bridgehead atoms. The maximum Gasteiger partial charge on any atom is 0.238 e. The number of carbonyl (C=O) groups is 3. The molecule has 3 aliphatic heterocycles. The number of rotatable bonds is 9. The van der Waals surface area contributed by atoms with Crippen molar-refractivity contribution in [3.63, 3.8) is 0 Å². The van der Waals surface area contributed by atoms with E-state index in [0.717, 1.165) is 11.3 Å². The van der Waals surface area contributed by atoms with Crippen molar-refractivity contribution in [1.82, 2.24) is 0 Å². The first-order valence-electron chi connectivity index (χ1n) is 15.4. The second kappa shape index (κ2) is 11.8. The molecule has 0 aliphatic carbocycles. The predicted octanol–water partition coefficient (Wildman–Crippen LogP) is 5.59. The number of hydrogen-bond acceptors (Lipinski definition) is 9. The number of para-hydroxylation sites is 2. The Kier molecular flexibility index (Phi) is 7.58. The fourth-order valence-corrected chi connectivity index (χ4v) is 7.68. The van der Waals surface area contributed by atoms with Crippen LogP contribution >= 0.6 is 0 Å². The van der Waals surface area contributed by atoms with E-state index in [-0.39, 0.29) is 28.8 Å². The Morgan fingerprint density at radius 1 is 0.708 bits per heavy atom. The smallest absolute Gasteiger partial charge is 0.238 e. The lowest BCUT2D eigenvalue weighted by Crippen LogP contribution is -2.51. The van der Waals surface area contributed by atoms with Gasteiger partial charge in [0.25, 0.3) is 0 Å². The topological polar surface area (TPSA) is 113 Å². The van der Waals surface area contributed by atoms with E-state index in [9.17, 15) is 4.79 Å². The molecule has 3 heterocycles. The number of anilines is 2. The second-order valence-corrected chi connectivity index (χ2v) is 11.8. The van der Waals surface area contributed by atoms with Gasteiger partial charge in [0.2, 0.25) is 11.7 Å². The number of fused-ring (bicyclic) bond motifs is 6. The van der Waals surface area contributed by atoms with Gasteiger partial charge in [-0.05, 0) is 53.6 Å². The molecule has 244 valence electrons. The van der Waals surface area contributed by atoms with Crippen LogP contribution in [0.5, 0.6) is 28.7 Å². The molecule has 0 aromatic heterocycles. The molecule has 7 rings (SSSR count). The Labute approximate surface area is 277 Å². The fraction of sp³-hybridized carbons (Fsp3) is 0.237. The predicted molar refractivity (Wildman–Crippen MR) is 180 cm³/mol. The fourth-order valence-electron chi connectivity index (χ4n) is 7.68. The summed E-state index contributed by atoms with van der Waals surface area (Å²) in [4.78, 5) is 47.1. The molecule has 0 radical (unpaired) electrons. The van der Waals surface area contributed by atoms with Crippen molar-refractivity contribution in [3.05, 3.63) is 107 Å². The van der Waals surface area contributed by atoms with E-state index in [2.05, 4.69) is 5.32 Å². The number of methoxy groups -OCH3 is 5. The van der Waals surface area contributed by atoms with Crippen LogP contribution in [-0.2, 0) is 10.2 Å². The van der Waals surface area contributed by atoms with Crippen molar-refractivity contribution in [1.29, 1.82) is 0 Å². The van der Waals surface area contributed by atoms with Crippen LogP contribution < -0.4 is 33.9 Å². The Balaban J connectivity index is 1.53. The molecule has 0 saturated carbocycles. The number of Topliss-reactive ketones (excluding diaryl/α,β-unsaturated/α-hetero) is 2. The maximum absolute atomic E-state index is 15.3. The third-order valence-electron chi connectivity index (χ3n) is 9.71. The molecule has 10 nitrogen and oxygen atoms in total. The van der Waals surface area contributed by atoms with Crippen molar-refractivity contribution < 1.29 is 38.1 Å². The van der Waals surface area contributed by atoms with Gasteiger partial charge >= 0.3 is 0 Å². The van der Waals surface area contributed by atoms with Gasteiger partial charge in [-0.1, -0.05) is 48.6 Å². The molecule has 1 amide bonds. The third kappa shape index (κ3) is 4.28. The summed E-state index contributed by atoms with van der Waals surface area (Å²) in [5, 5.41) is 3.05. The van der Waals surface area contributed by atoms with Gasteiger partial charge in [-0.25, -0.2) is 0 Å². The zero-order valence-electron chi connectivity index (χ0n) is 27.1. The van der Waals surface area contributed by atoms with Crippen molar-refractivity contribution in [2.45, 2.75) is 17.5 Å². The van der Waals surface area contributed by atoms with E-state index >= 15 is 9.59 Å². The van der Waals surface area contributed by atoms with Gasteiger partial charge in [0.05, 0.1) is 47.5 Å². The summed E-state index contributed by atoms with van der Waals surface area (Å²) in [5.74, 6) is -0.678. The zero-order valence-corrected chi connectivity index (χ0v) is 27.1. The quantitative estimate of drug-likeness (QED) is 0.233. The molecule has 4 atom stereocenters. The number of nitrogens with one attached hydrogen (secondary N) is 1. The van der Waals surface area contributed by atoms with E-state index in [0.29, 0.717) is 34.1 Å². The van der Waals surface area contributed by atoms with Crippen molar-refractivity contribution in [3.8, 4) is 28.7 Å². The van der Waals surface area contributed by atoms with Crippen LogP contribution in [0.2, 0.25) is 0 Å². The molecule has 10 heteroatoms. The normalized spacial score (nSPS) is 21.6. The van der Waals surface area contributed by atoms with Gasteiger partial charge in [-0.2, -0.15) is 0 Å². The van der Waals surface area contributed by atoms with Crippen molar-refractivity contribution in [2.75, 3.05) is 45.8 Å². The van der Waals surface area contributed by atoms with Gasteiger partial charge < -0.3 is 33.9 Å². The summed E-state index contributed by atoms with van der Waals surface area (Å²) in [6, 6.07) is 21.2. The monoisotopic (exact) mass is 646 g/mol. The van der Waals surface area contributed by atoms with Crippen molar-refractivity contribution in [2.24, 2.45) is 5.92 Å². The SMILES string of the molecule is COc1ccc(C(=O)C2C(C(=O)c3cc(OC)c(OC)c(OC)c3)C3(C(=O)Nc4ccccc43)C3C=Cc4ccccc4N23)cc1OC. The number of nitrogens with zero attached hydrogens (tertiary/aromatic N) is 1. The first-order chi connectivity index (χ1) is 23.3. The highest BCUT2D eigenvalue weighted by Gasteiger charge is 2.70. The van der Waals surface area contributed by atoms with Crippen LogP contribution in [0.1, 0.15) is 31.8 Å². The standard InChI is InChI=1S/C38H34N2O8/c1-44-27-16-14-22(18-28(27)45-2)35(42)33-32(34(41)23-19-29(46-3)36(48-5)30(20-23)47-4)38(24-11-7-8-12-25(24)39-37(38)43)31-17-15-21-10-6-9-13-26(21)40(31)33/h6-20,31-33H,1-5H3,(H,39,43). The lowest BCUT2D eigenvalue weighted by atomic mass is 9.64. The van der Waals surface area contributed by atoms with Gasteiger partial charge in [0.1, 0.15) is 11.5 Å². The summed E-state index contributed by atoms with van der Waals surface area (Å²) < 4.78 is 27.7. The molecule has 3 aliphatic rings. The summed E-state index contributed by atoms with van der Waals surface area (Å²) in [6.45, 7) is 0. The largest absolute Gasteiger partial charge is 0.493 e. The molecule has 48 heavy (non-hydrogen) atoms. The molecule has 1 N–H and O–H groups in total. The zero-order chi connectivity index (χ0) is 33.7. The van der Waals surface area contributed by atoms with Crippen LogP contribution in [0.3, 0.4) is 0 Å². The molecule has 4 unspecified atom stereocenters. The number of benzene rings is 4. The van der Waals surface area contributed by atoms with E-state index in [1.165, 1.54) is 35.5 Å². The molecule has 4 aromatic rings. The van der Waals surface area contributed by atoms with Gasteiger partial charge in [0.15, 0.2) is 34.6 Å². The number of hydrogen-bond donors (Lipinski definition) is 1. The van der Waals surface area contributed by atoms with Gasteiger partial charge in [0, 0.05) is 22.5 Å². The summed E-state index contributed by atoms with van der Waals surface area (Å²) in [7, 11) is 7.43. The average Bonchev–Trinajstić information content (AvgIpc) is 3.61. The van der Waals surface area contributed by atoms with Crippen LogP contribution in [0.25, 0.3) is 6.08 Å². The van der Waals surface area contributed by atoms with E-state index in [1.54, 1.807) is 30.3 Å². The maximum atomic E-state index is 15.3. The van der Waals surface area contributed by atoms with E-state index in [1.807, 2.05) is 65.6 Å². The third-order valence-corrected chi connectivity index (χ3v) is 9.71. The number of amides is 1. The highest BCUT2D eigenvalue weighted by atomic mass is 16.5. The summed E-state index contributed by atoms with van der Waals surface area (Å²) in [6.07, 6.45) is 3.89. The number of carbonyl (C=O) groups excluding carboxylic acids is 3. The first kappa shape index (κ1) is 30.9. The van der Waals surface area contributed by atoms with E-state index in [4.69, 9.17) is 23.7 Å². The molecule has 1 spiro atoms. The number of ketones is 2. The Hall–Kier alpha value is -5.77. The second-order valence-electron chi connectivity index (χ2n) is 11.8. The van der Waals surface area contributed by atoms with E-state index < -0.39 is 29.2 Å². The molecule has 1 saturated heterocycles. The summed E-state index contributed by atoms with van der Waals surface area (Å²) in [5.41, 5.74) is 1.85. The molecule has 4 aromatic carbocycles. The van der Waals surface area contributed by atoms with Crippen LogP contribution in [-0.4, -0.2) is 65.1 Å². The van der Waals surface area contributed by atoms with Crippen LogP contribution in [0.15, 0.2) is 84.9 Å². The van der Waals surface area contributed by atoms with Crippen molar-refractivity contribution >= 4 is 34.9 Å². The van der Waals surface area contributed by atoms with Crippen LogP contribution in [0.4, 0.5) is 11.4 Å². The molecular formula is C38H34N2O8. The summed E-state index contributed by atoms with van der Waals surface area (Å²) >= 11 is 0. The minimum absolute atomic E-state index is 0.202.